The van der Waals surface area contributed by atoms with Crippen LogP contribution in [-0.4, -0.2) is 38.6 Å². The minimum atomic E-state index is -3.36. The van der Waals surface area contributed by atoms with Crippen LogP contribution in [0.1, 0.15) is 13.8 Å². The molecule has 0 unspecified atom stereocenters. The molecule has 1 aliphatic rings. The second-order valence-electron chi connectivity index (χ2n) is 5.38. The molecule has 1 aromatic rings. The molecule has 1 fully saturated rings. The topological polar surface area (TPSA) is 99.1 Å². The summed E-state index contributed by atoms with van der Waals surface area (Å²) in [6.45, 7) is 2.91. The quantitative estimate of drug-likeness (QED) is 0.434. The fourth-order valence-electron chi connectivity index (χ4n) is 1.88. The van der Waals surface area contributed by atoms with Gasteiger partial charge in [0.25, 0.3) is 5.79 Å². The smallest absolute Gasteiger partial charge is 0.329 e. The highest BCUT2D eigenvalue weighted by atomic mass is 79.9. The number of carbonyl (C=O) groups excluding carboxylic acids is 2. The van der Waals surface area contributed by atoms with Gasteiger partial charge in [0.05, 0.1) is 10.6 Å². The average Bonchev–Trinajstić information content (AvgIpc) is 2.34. The highest BCUT2D eigenvalue weighted by Crippen LogP contribution is 2.27. The van der Waals surface area contributed by atoms with Crippen LogP contribution in [-0.2, 0) is 28.9 Å². The third kappa shape index (κ3) is 4.17. The van der Waals surface area contributed by atoms with Gasteiger partial charge >= 0.3 is 11.9 Å². The van der Waals surface area contributed by atoms with Crippen LogP contribution in [0, 0.1) is 5.92 Å². The van der Waals surface area contributed by atoms with E-state index in [9.17, 15) is 18.0 Å². The zero-order chi connectivity index (χ0) is 17.4. The van der Waals surface area contributed by atoms with Gasteiger partial charge in [-0.05, 0) is 34.1 Å². The van der Waals surface area contributed by atoms with Crippen LogP contribution in [0.3, 0.4) is 0 Å². The molecule has 1 saturated heterocycles. The predicted molar refractivity (Wildman–Crippen MR) is 85.2 cm³/mol. The molecule has 0 aliphatic carbocycles. The molecule has 0 bridgehead atoms. The van der Waals surface area contributed by atoms with Gasteiger partial charge in [0.15, 0.2) is 15.8 Å². The fraction of sp³-hybridized carbons (Fsp3) is 0.357. The minimum Gasteiger partial charge on any atom is -0.422 e. The van der Waals surface area contributed by atoms with Crippen molar-refractivity contribution >= 4 is 49.6 Å². The second-order valence-corrected chi connectivity index (χ2v) is 8.22. The van der Waals surface area contributed by atoms with E-state index >= 15 is 0 Å². The summed E-state index contributed by atoms with van der Waals surface area (Å²) < 4.78 is 33.3. The van der Waals surface area contributed by atoms with Crippen molar-refractivity contribution in [3.63, 3.8) is 0 Å². The molecule has 0 saturated carbocycles. The van der Waals surface area contributed by atoms with Crippen LogP contribution < -0.4 is 0 Å². The Morgan fingerprint density at radius 2 is 1.78 bits per heavy atom. The molecule has 1 heterocycles. The first-order valence-corrected chi connectivity index (χ1v) is 9.17. The van der Waals surface area contributed by atoms with E-state index in [1.165, 1.54) is 32.0 Å². The Bertz CT molecular complexity index is 779. The van der Waals surface area contributed by atoms with E-state index in [-0.39, 0.29) is 4.90 Å². The van der Waals surface area contributed by atoms with Crippen molar-refractivity contribution < 1.29 is 27.5 Å². The molecular weight excluding hydrogens is 390 g/mol. The third-order valence-electron chi connectivity index (χ3n) is 2.89. The number of esters is 2. The molecule has 1 aliphatic heterocycles. The molecule has 0 aromatic heterocycles. The molecule has 0 atom stereocenters. The van der Waals surface area contributed by atoms with Crippen LogP contribution in [0.4, 0.5) is 5.69 Å². The van der Waals surface area contributed by atoms with Gasteiger partial charge in [0.1, 0.15) is 0 Å². The van der Waals surface area contributed by atoms with E-state index in [1.807, 2.05) is 0 Å². The molecule has 1 aromatic carbocycles. The van der Waals surface area contributed by atoms with Crippen molar-refractivity contribution in [2.24, 2.45) is 10.9 Å². The largest absolute Gasteiger partial charge is 0.422 e. The number of aliphatic imine (C=N–C) groups is 1. The van der Waals surface area contributed by atoms with Crippen molar-refractivity contribution in [2.75, 3.05) is 6.26 Å². The predicted octanol–water partition coefficient (Wildman–Crippen LogP) is 2.01. The summed E-state index contributed by atoms with van der Waals surface area (Å²) in [6.07, 6.45) is 2.20. The van der Waals surface area contributed by atoms with Gasteiger partial charge in [-0.3, -0.25) is 14.6 Å². The molecule has 2 rings (SSSR count). The summed E-state index contributed by atoms with van der Waals surface area (Å²) in [4.78, 5) is 27.7. The molecule has 0 spiro atoms. The zero-order valence-corrected chi connectivity index (χ0v) is 15.0. The summed E-state index contributed by atoms with van der Waals surface area (Å²) in [7, 11) is -3.36. The number of carbonyl (C=O) groups is 2. The van der Waals surface area contributed by atoms with Crippen LogP contribution in [0.2, 0.25) is 0 Å². The van der Waals surface area contributed by atoms with Gasteiger partial charge in [-0.15, -0.1) is 0 Å². The molecule has 0 N–H and O–H groups in total. The van der Waals surface area contributed by atoms with Crippen LogP contribution in [0.15, 0.2) is 32.6 Å². The maximum absolute atomic E-state index is 11.8. The Balaban J connectivity index is 2.23. The van der Waals surface area contributed by atoms with Gasteiger partial charge < -0.3 is 9.47 Å². The van der Waals surface area contributed by atoms with Gasteiger partial charge in [-0.1, -0.05) is 0 Å². The summed E-state index contributed by atoms with van der Waals surface area (Å²) in [6, 6.07) is 4.31. The number of benzene rings is 1. The van der Waals surface area contributed by atoms with E-state index in [0.29, 0.717) is 10.2 Å². The van der Waals surface area contributed by atoms with E-state index in [1.54, 1.807) is 0 Å². The first-order valence-electron chi connectivity index (χ1n) is 6.49. The lowest BCUT2D eigenvalue weighted by Crippen LogP contribution is -2.46. The highest BCUT2D eigenvalue weighted by molar-refractivity contribution is 9.10. The molecule has 124 valence electrons. The highest BCUT2D eigenvalue weighted by Gasteiger charge is 2.42. The maximum atomic E-state index is 11.8. The lowest BCUT2D eigenvalue weighted by atomic mass is 10.1. The standard InChI is InChI=1S/C14H14BrNO6S/c1-14(2)21-12(17)9(13(18)22-14)7-16-8-4-5-11(10(15)6-8)23(3,19)20/h4-7,9H,1-3H3. The SMILES string of the molecule is CC1(C)OC(=O)C(C=Nc2ccc(S(C)(=O)=O)c(Br)c2)C(=O)O1. The molecule has 9 heteroatoms. The van der Waals surface area contributed by atoms with Crippen molar-refractivity contribution in [1.29, 1.82) is 0 Å². The van der Waals surface area contributed by atoms with Crippen LogP contribution in [0.5, 0.6) is 0 Å². The number of sulfone groups is 1. The number of hydrogen-bond donors (Lipinski definition) is 0. The van der Waals surface area contributed by atoms with Crippen molar-refractivity contribution in [3.8, 4) is 0 Å². The van der Waals surface area contributed by atoms with Gasteiger partial charge in [0.2, 0.25) is 0 Å². The van der Waals surface area contributed by atoms with Crippen LogP contribution >= 0.6 is 15.9 Å². The molecule has 23 heavy (non-hydrogen) atoms. The van der Waals surface area contributed by atoms with Crippen molar-refractivity contribution in [3.05, 3.63) is 22.7 Å². The maximum Gasteiger partial charge on any atom is 0.329 e. The summed E-state index contributed by atoms with van der Waals surface area (Å²) in [5.74, 6) is -4.04. The Morgan fingerprint density at radius 1 is 1.22 bits per heavy atom. The third-order valence-corrected chi connectivity index (χ3v) is 4.96. The Kier molecular flexibility index (Phi) is 4.63. The number of nitrogens with zero attached hydrogens (tertiary/aromatic N) is 1. The minimum absolute atomic E-state index is 0.120. The molecular formula is C14H14BrNO6S. The second kappa shape index (κ2) is 6.04. The summed E-state index contributed by atoms with van der Waals surface area (Å²) in [5, 5.41) is 0. The Labute approximate surface area is 141 Å². The number of cyclic esters (lactones) is 2. The van der Waals surface area contributed by atoms with Gasteiger partial charge in [-0.25, -0.2) is 8.42 Å². The number of hydrogen-bond acceptors (Lipinski definition) is 7. The molecule has 0 radical (unpaired) electrons. The molecule has 0 amide bonds. The first-order chi connectivity index (χ1) is 10.5. The van der Waals surface area contributed by atoms with E-state index in [2.05, 4.69) is 20.9 Å². The normalized spacial score (nSPS) is 18.8. The first kappa shape index (κ1) is 17.6. The number of halogens is 1. The molecule has 7 nitrogen and oxygen atoms in total. The number of rotatable bonds is 3. The monoisotopic (exact) mass is 403 g/mol. The Hall–Kier alpha value is -1.74. The van der Waals surface area contributed by atoms with Crippen molar-refractivity contribution in [2.45, 2.75) is 24.5 Å². The fourth-order valence-corrected chi connectivity index (χ4v) is 3.86. The van der Waals surface area contributed by atoms with Crippen LogP contribution in [0.25, 0.3) is 0 Å². The summed E-state index contributed by atoms with van der Waals surface area (Å²) >= 11 is 3.15. The van der Waals surface area contributed by atoms with E-state index < -0.39 is 33.5 Å². The lowest BCUT2D eigenvalue weighted by molar-refractivity contribution is -0.235. The number of ether oxygens (including phenoxy) is 2. The summed E-state index contributed by atoms with van der Waals surface area (Å²) in [5.41, 5.74) is 0.370. The van der Waals surface area contributed by atoms with E-state index in [4.69, 9.17) is 9.47 Å². The lowest BCUT2D eigenvalue weighted by Gasteiger charge is -2.31. The van der Waals surface area contributed by atoms with Gasteiger partial charge in [-0.2, -0.15) is 0 Å². The van der Waals surface area contributed by atoms with E-state index in [0.717, 1.165) is 12.5 Å². The Morgan fingerprint density at radius 3 is 2.26 bits per heavy atom. The van der Waals surface area contributed by atoms with Gasteiger partial charge in [0, 0.05) is 30.8 Å². The average molecular weight is 404 g/mol. The zero-order valence-electron chi connectivity index (χ0n) is 12.6. The van der Waals surface area contributed by atoms with Crippen molar-refractivity contribution in [1.82, 2.24) is 0 Å².